The van der Waals surface area contributed by atoms with Gasteiger partial charge < -0.3 is 42.8 Å². The zero-order chi connectivity index (χ0) is 34.8. The van der Waals surface area contributed by atoms with Crippen LogP contribution in [0.1, 0.15) is 54.4 Å². The molecule has 4 atom stereocenters. The quantitative estimate of drug-likeness (QED) is 0.0372. The van der Waals surface area contributed by atoms with Gasteiger partial charge in [0.05, 0.1) is 11.8 Å². The van der Waals surface area contributed by atoms with E-state index in [4.69, 9.17) is 36.9 Å². The summed E-state index contributed by atoms with van der Waals surface area (Å²) in [5.41, 5.74) is -2.74. The molecule has 9 N–H and O–H groups in total. The topological polar surface area (TPSA) is 286 Å². The van der Waals surface area contributed by atoms with Crippen LogP contribution in [0, 0.1) is 23.2 Å². The summed E-state index contributed by atoms with van der Waals surface area (Å²) in [7, 11) is -3.13. The molecule has 0 aromatic rings. The maximum Gasteiger partial charge on any atom is 0.500 e. The monoisotopic (exact) mass is 668 g/mol. The smallest absolute Gasteiger partial charge is 0.374 e. The lowest BCUT2D eigenvalue weighted by Crippen LogP contribution is -2.61. The molecule has 0 fully saturated rings. The minimum atomic E-state index is -3.13. The predicted octanol–water partition coefficient (Wildman–Crippen LogP) is -1.68. The number of carbonyl (C=O) groups excluding carboxylic acids is 6. The number of nitrogens with two attached hydrogens (primary N) is 4. The van der Waals surface area contributed by atoms with Crippen molar-refractivity contribution in [1.82, 2.24) is 10.2 Å². The number of hydrogen-bond donors (Lipinski definition) is 5. The molecule has 0 saturated heterocycles. The molecule has 0 aromatic heterocycles. The highest BCUT2D eigenvalue weighted by Crippen LogP contribution is 2.43. The van der Waals surface area contributed by atoms with Gasteiger partial charge in [0.1, 0.15) is 0 Å². The van der Waals surface area contributed by atoms with Crippen LogP contribution in [0.4, 0.5) is 0 Å². The third kappa shape index (κ3) is 10.1. The van der Waals surface area contributed by atoms with Gasteiger partial charge in [0.15, 0.2) is 11.3 Å². The van der Waals surface area contributed by atoms with Crippen LogP contribution in [-0.2, 0) is 61.4 Å². The number of amides is 2. The number of hydrogen-bond acceptors (Lipinski definition) is 17. The average molecular weight is 669 g/mol. The van der Waals surface area contributed by atoms with E-state index in [1.54, 1.807) is 34.6 Å². The van der Waals surface area contributed by atoms with Crippen LogP contribution in [-0.4, -0.2) is 88.9 Å². The lowest BCUT2D eigenvalue weighted by molar-refractivity contribution is -0.188. The maximum atomic E-state index is 13.9. The fraction of sp³-hybridized carbons (Fsp3) is 0.760. The Balaban J connectivity index is 7.09. The van der Waals surface area contributed by atoms with Crippen LogP contribution in [0.2, 0.25) is 6.04 Å². The van der Waals surface area contributed by atoms with E-state index in [0.29, 0.717) is 19.8 Å². The molecule has 19 nitrogen and oxygen atoms in total. The molecule has 0 radical (unpaired) electrons. The fourth-order valence-electron chi connectivity index (χ4n) is 5.13. The van der Waals surface area contributed by atoms with Crippen LogP contribution >= 0.6 is 0 Å². The largest absolute Gasteiger partial charge is 0.500 e. The van der Waals surface area contributed by atoms with Gasteiger partial charge in [-0.2, -0.15) is 23.6 Å². The molecular formula is C25H48N6O13Si. The molecule has 0 bridgehead atoms. The van der Waals surface area contributed by atoms with E-state index in [9.17, 15) is 28.8 Å². The van der Waals surface area contributed by atoms with Crippen molar-refractivity contribution in [3.05, 3.63) is 0 Å². The van der Waals surface area contributed by atoms with Crippen molar-refractivity contribution in [2.75, 3.05) is 39.5 Å². The Kier molecular flexibility index (Phi) is 19.2. The summed E-state index contributed by atoms with van der Waals surface area (Å²) < 4.78 is 17.4. The van der Waals surface area contributed by atoms with Crippen LogP contribution in [0.15, 0.2) is 0 Å². The molecule has 260 valence electrons. The normalized spacial score (nSPS) is 14.6. The van der Waals surface area contributed by atoms with Crippen LogP contribution in [0.5, 0.6) is 0 Å². The summed E-state index contributed by atoms with van der Waals surface area (Å²) >= 11 is 0. The van der Waals surface area contributed by atoms with Gasteiger partial charge in [-0.05, 0) is 47.5 Å². The third-order valence-electron chi connectivity index (χ3n) is 7.19. The first-order valence-electron chi connectivity index (χ1n) is 14.5. The molecule has 0 aliphatic carbocycles. The Labute approximate surface area is 262 Å². The van der Waals surface area contributed by atoms with Crippen molar-refractivity contribution in [2.24, 2.45) is 46.8 Å². The molecule has 0 saturated carbocycles. The van der Waals surface area contributed by atoms with E-state index in [1.807, 2.05) is 0 Å². The molecule has 0 aromatic carbocycles. The molecule has 0 heterocycles. The number of nitrogens with zero attached hydrogens (tertiary/aromatic N) is 1. The number of nitrogens with one attached hydrogen (secondary N) is 1. The molecule has 2 unspecified atom stereocenters. The fourth-order valence-corrected chi connectivity index (χ4v) is 7.75. The predicted molar refractivity (Wildman–Crippen MR) is 155 cm³/mol. The second-order valence-corrected chi connectivity index (χ2v) is 12.1. The summed E-state index contributed by atoms with van der Waals surface area (Å²) in [6.45, 7) is 10.5. The first-order valence-corrected chi connectivity index (χ1v) is 16.4. The van der Waals surface area contributed by atoms with Crippen LogP contribution in [0.25, 0.3) is 0 Å². The van der Waals surface area contributed by atoms with Gasteiger partial charge in [0.25, 0.3) is 0 Å². The van der Waals surface area contributed by atoms with E-state index in [1.165, 1.54) is 6.92 Å². The number of rotatable bonds is 22. The van der Waals surface area contributed by atoms with Crippen molar-refractivity contribution in [1.29, 1.82) is 0 Å². The molecular weight excluding hydrogens is 620 g/mol. The average Bonchev–Trinajstić information content (AvgIpc) is 3.04. The second-order valence-electron chi connectivity index (χ2n) is 9.37. The van der Waals surface area contributed by atoms with Crippen LogP contribution < -0.4 is 28.9 Å². The molecule has 2 amide bonds. The van der Waals surface area contributed by atoms with Crippen molar-refractivity contribution in [3.63, 3.8) is 0 Å². The Morgan fingerprint density at radius 3 is 1.60 bits per heavy atom. The van der Waals surface area contributed by atoms with Gasteiger partial charge in [-0.25, -0.2) is 14.4 Å². The van der Waals surface area contributed by atoms with E-state index >= 15 is 0 Å². The Morgan fingerprint density at radius 2 is 1.22 bits per heavy atom. The van der Waals surface area contributed by atoms with Gasteiger partial charge in [-0.3, -0.25) is 14.4 Å². The van der Waals surface area contributed by atoms with E-state index in [0.717, 1.165) is 4.90 Å². The third-order valence-corrected chi connectivity index (χ3v) is 10.3. The Bertz CT molecular complexity index is 985. The lowest BCUT2D eigenvalue weighted by Gasteiger charge is -2.39. The summed E-state index contributed by atoms with van der Waals surface area (Å²) in [5, 5.41) is 2.51. The van der Waals surface area contributed by atoms with Crippen molar-refractivity contribution < 1.29 is 61.4 Å². The minimum absolute atomic E-state index is 0.0281. The highest BCUT2D eigenvalue weighted by molar-refractivity contribution is 6.60. The SMILES string of the molecule is CCO[Si](CCCNC(=O)[C@@](CC)(C(=O)ON)[C@@H](C(=O)ON)C(C(=O)ON)C(C(=O)ON)C(=O)N(CC)CC)(OCC)OCC. The molecule has 0 aliphatic heterocycles. The van der Waals surface area contributed by atoms with Crippen molar-refractivity contribution >= 4 is 44.5 Å². The summed E-state index contributed by atoms with van der Waals surface area (Å²) in [4.78, 5) is 98.9. The van der Waals surface area contributed by atoms with Gasteiger partial charge in [-0.15, -0.1) is 0 Å². The molecule has 45 heavy (non-hydrogen) atoms. The zero-order valence-corrected chi connectivity index (χ0v) is 27.7. The first kappa shape index (κ1) is 41.8. The van der Waals surface area contributed by atoms with Crippen LogP contribution in [0.3, 0.4) is 0 Å². The minimum Gasteiger partial charge on any atom is -0.374 e. The summed E-state index contributed by atoms with van der Waals surface area (Å²) in [5.74, 6) is 5.09. The number of carbonyl (C=O) groups is 6. The van der Waals surface area contributed by atoms with Gasteiger partial charge in [0, 0.05) is 45.5 Å². The van der Waals surface area contributed by atoms with Gasteiger partial charge >= 0.3 is 32.7 Å². The highest BCUT2D eigenvalue weighted by Gasteiger charge is 2.64. The van der Waals surface area contributed by atoms with E-state index < -0.39 is 74.1 Å². The molecule has 0 rings (SSSR count). The first-order chi connectivity index (χ1) is 21.4. The molecule has 0 aliphatic rings. The maximum absolute atomic E-state index is 13.9. The van der Waals surface area contributed by atoms with Crippen molar-refractivity contribution in [2.45, 2.75) is 60.4 Å². The summed E-state index contributed by atoms with van der Waals surface area (Å²) in [6.07, 6.45) is -0.388. The lowest BCUT2D eigenvalue weighted by atomic mass is 9.63. The molecule has 20 heteroatoms. The van der Waals surface area contributed by atoms with E-state index in [2.05, 4.69) is 24.7 Å². The van der Waals surface area contributed by atoms with E-state index in [-0.39, 0.29) is 32.1 Å². The molecule has 0 spiro atoms. The van der Waals surface area contributed by atoms with Crippen molar-refractivity contribution in [3.8, 4) is 0 Å². The Hall–Kier alpha value is -3.24. The van der Waals surface area contributed by atoms with Gasteiger partial charge in [0.2, 0.25) is 11.8 Å². The van der Waals surface area contributed by atoms with Gasteiger partial charge in [-0.1, -0.05) is 6.92 Å². The standard InChI is InChI=1S/C25H48N6O13Si/c1-7-25(24(37)44-29,23(36)30-14-13-15-45(38-10-4,39-11-5)40-12-6)18(22(35)43-28)16(20(33)41-26)17(21(34)42-27)19(32)31(8-2)9-3/h16-18H,7-15,26-29H2,1-6H3,(H,30,36)/t16?,17?,18-,25+/m1/s1. The summed E-state index contributed by atoms with van der Waals surface area (Å²) in [6, 6.07) is 0.252. The second kappa shape index (κ2) is 20.7. The zero-order valence-electron chi connectivity index (χ0n) is 26.7. The Morgan fingerprint density at radius 1 is 0.733 bits per heavy atom. The highest BCUT2D eigenvalue weighted by atomic mass is 28.4.